The van der Waals surface area contributed by atoms with Gasteiger partial charge in [0, 0.05) is 23.0 Å². The first-order valence-corrected chi connectivity index (χ1v) is 12.4. The van der Waals surface area contributed by atoms with Gasteiger partial charge in [0.15, 0.2) is 5.84 Å². The molecule has 3 N–H and O–H groups in total. The van der Waals surface area contributed by atoms with E-state index in [4.69, 9.17) is 8.83 Å². The normalized spacial score (nSPS) is 11.7. The summed E-state index contributed by atoms with van der Waals surface area (Å²) in [6.07, 6.45) is 0. The predicted molar refractivity (Wildman–Crippen MR) is 127 cm³/mol. The highest BCUT2D eigenvalue weighted by Crippen LogP contribution is 2.16. The molecule has 0 atom stereocenters. The fourth-order valence-corrected chi connectivity index (χ4v) is 4.15. The van der Waals surface area contributed by atoms with Gasteiger partial charge in [0.25, 0.3) is 6.54 Å². The smallest absolute Gasteiger partial charge is 0.259 e. The SMILES string of the molecule is CNCc1ccc(CSCCN=C(C[N+](=O)[O-])NCCSCc2ccc(CNC)o2)o1. The number of aliphatic imine (C=N–C) groups is 1. The molecule has 0 spiro atoms. The molecule has 31 heavy (non-hydrogen) atoms. The molecule has 2 aromatic rings. The van der Waals surface area contributed by atoms with E-state index >= 15 is 0 Å². The lowest BCUT2D eigenvalue weighted by molar-refractivity contribution is -0.463. The Labute approximate surface area is 191 Å². The molecule has 0 unspecified atom stereocenters. The van der Waals surface area contributed by atoms with Gasteiger partial charge in [-0.15, -0.1) is 0 Å². The average Bonchev–Trinajstić information content (AvgIpc) is 3.37. The molecule has 172 valence electrons. The van der Waals surface area contributed by atoms with Gasteiger partial charge in [-0.2, -0.15) is 23.5 Å². The van der Waals surface area contributed by atoms with Crippen LogP contribution < -0.4 is 16.0 Å². The molecular formula is C20H31N5O4S2. The number of nitro groups is 1. The van der Waals surface area contributed by atoms with Crippen LogP contribution in [0.2, 0.25) is 0 Å². The molecule has 0 aliphatic heterocycles. The van der Waals surface area contributed by atoms with Gasteiger partial charge in [0.1, 0.15) is 23.0 Å². The van der Waals surface area contributed by atoms with Gasteiger partial charge in [-0.25, -0.2) is 0 Å². The summed E-state index contributed by atoms with van der Waals surface area (Å²) in [4.78, 5) is 14.9. The van der Waals surface area contributed by atoms with E-state index in [-0.39, 0.29) is 11.5 Å². The zero-order chi connectivity index (χ0) is 22.3. The van der Waals surface area contributed by atoms with Crippen LogP contribution in [0.3, 0.4) is 0 Å². The number of nitrogens with one attached hydrogen (secondary N) is 3. The number of furan rings is 2. The zero-order valence-corrected chi connectivity index (χ0v) is 19.7. The number of nitrogens with zero attached hydrogens (tertiary/aromatic N) is 2. The van der Waals surface area contributed by atoms with Crippen molar-refractivity contribution in [3.63, 3.8) is 0 Å². The summed E-state index contributed by atoms with van der Waals surface area (Å²) in [6.45, 7) is 2.28. The molecule has 0 bridgehead atoms. The first-order chi connectivity index (χ1) is 15.1. The van der Waals surface area contributed by atoms with Crippen molar-refractivity contribution in [3.05, 3.63) is 57.4 Å². The maximum Gasteiger partial charge on any atom is 0.259 e. The van der Waals surface area contributed by atoms with Crippen LogP contribution in [0.15, 0.2) is 38.1 Å². The Morgan fingerprint density at radius 1 is 0.968 bits per heavy atom. The Kier molecular flexibility index (Phi) is 12.2. The number of hydrogen-bond acceptors (Lipinski definition) is 9. The summed E-state index contributed by atoms with van der Waals surface area (Å²) < 4.78 is 11.4. The summed E-state index contributed by atoms with van der Waals surface area (Å²) in [5.74, 6) is 7.22. The van der Waals surface area contributed by atoms with Crippen molar-refractivity contribution in [2.24, 2.45) is 4.99 Å². The number of thioether (sulfide) groups is 2. The fraction of sp³-hybridized carbons (Fsp3) is 0.550. The van der Waals surface area contributed by atoms with Crippen molar-refractivity contribution in [3.8, 4) is 0 Å². The van der Waals surface area contributed by atoms with Crippen molar-refractivity contribution >= 4 is 29.4 Å². The van der Waals surface area contributed by atoms with Crippen molar-refractivity contribution in [2.75, 3.05) is 45.2 Å². The second kappa shape index (κ2) is 15.0. The molecule has 0 aliphatic carbocycles. The Morgan fingerprint density at radius 2 is 1.52 bits per heavy atom. The van der Waals surface area contributed by atoms with Crippen molar-refractivity contribution < 1.29 is 13.8 Å². The molecule has 2 rings (SSSR count). The van der Waals surface area contributed by atoms with E-state index in [0.717, 1.165) is 46.1 Å². The molecular weight excluding hydrogens is 438 g/mol. The highest BCUT2D eigenvalue weighted by Gasteiger charge is 2.08. The molecule has 0 aromatic carbocycles. The Hall–Kier alpha value is -1.95. The molecule has 0 aliphatic rings. The zero-order valence-electron chi connectivity index (χ0n) is 18.0. The second-order valence-electron chi connectivity index (χ2n) is 6.65. The predicted octanol–water partition coefficient (Wildman–Crippen LogP) is 2.74. The minimum atomic E-state index is -0.357. The van der Waals surface area contributed by atoms with E-state index < -0.39 is 0 Å². The first kappa shape index (κ1) is 25.3. The van der Waals surface area contributed by atoms with Crippen LogP contribution in [0.4, 0.5) is 0 Å². The Bertz CT molecular complexity index is 809. The summed E-state index contributed by atoms with van der Waals surface area (Å²) in [7, 11) is 3.76. The van der Waals surface area contributed by atoms with Gasteiger partial charge in [-0.1, -0.05) is 0 Å². The van der Waals surface area contributed by atoms with Crippen molar-refractivity contribution in [1.29, 1.82) is 0 Å². The monoisotopic (exact) mass is 469 g/mol. The second-order valence-corrected chi connectivity index (χ2v) is 8.86. The lowest BCUT2D eigenvalue weighted by Gasteiger charge is -2.07. The van der Waals surface area contributed by atoms with Gasteiger partial charge >= 0.3 is 0 Å². The molecule has 0 saturated carbocycles. The van der Waals surface area contributed by atoms with E-state index in [1.54, 1.807) is 23.5 Å². The Balaban J connectivity index is 1.63. The van der Waals surface area contributed by atoms with Crippen LogP contribution in [0.5, 0.6) is 0 Å². The molecule has 9 nitrogen and oxygen atoms in total. The van der Waals surface area contributed by atoms with E-state index in [1.807, 2.05) is 38.4 Å². The quantitative estimate of drug-likeness (QED) is 0.112. The Morgan fingerprint density at radius 3 is 2.06 bits per heavy atom. The van der Waals surface area contributed by atoms with Crippen LogP contribution in [0.25, 0.3) is 0 Å². The van der Waals surface area contributed by atoms with Gasteiger partial charge in [-0.3, -0.25) is 15.1 Å². The standard InChI is InChI=1S/C20H31N5O4S2/c1-21-11-16-3-5-18(28-16)14-30-9-7-23-20(13-25(26)27)24-8-10-31-15-19-6-4-17(29-19)12-22-2/h3-6,21-22H,7-15H2,1-2H3,(H,23,24). The van der Waals surface area contributed by atoms with Crippen molar-refractivity contribution in [2.45, 2.75) is 24.6 Å². The van der Waals surface area contributed by atoms with Crippen LogP contribution in [0.1, 0.15) is 23.0 Å². The molecule has 2 heterocycles. The van der Waals surface area contributed by atoms with Gasteiger partial charge in [-0.05, 0) is 38.4 Å². The van der Waals surface area contributed by atoms with E-state index in [9.17, 15) is 10.1 Å². The molecule has 0 saturated heterocycles. The van der Waals surface area contributed by atoms with Crippen LogP contribution in [0, 0.1) is 10.1 Å². The largest absolute Gasteiger partial charge is 0.464 e. The van der Waals surface area contributed by atoms with Gasteiger partial charge < -0.3 is 24.8 Å². The summed E-state index contributed by atoms with van der Waals surface area (Å²) in [5, 5.41) is 20.1. The van der Waals surface area contributed by atoms with Crippen LogP contribution >= 0.6 is 23.5 Å². The third-order valence-corrected chi connectivity index (χ3v) is 5.96. The molecule has 0 radical (unpaired) electrons. The maximum absolute atomic E-state index is 10.9. The summed E-state index contributed by atoms with van der Waals surface area (Å²) in [6, 6.07) is 7.89. The van der Waals surface area contributed by atoms with Crippen molar-refractivity contribution in [1.82, 2.24) is 16.0 Å². The van der Waals surface area contributed by atoms with E-state index in [1.165, 1.54) is 0 Å². The lowest BCUT2D eigenvalue weighted by Crippen LogP contribution is -2.32. The fourth-order valence-electron chi connectivity index (χ4n) is 2.68. The van der Waals surface area contributed by atoms with Crippen LogP contribution in [-0.2, 0) is 24.6 Å². The lowest BCUT2D eigenvalue weighted by atomic mass is 10.4. The molecule has 2 aromatic heterocycles. The molecule has 0 fully saturated rings. The maximum atomic E-state index is 10.9. The van der Waals surface area contributed by atoms with Crippen LogP contribution in [-0.4, -0.2) is 56.0 Å². The number of hydrogen-bond donors (Lipinski definition) is 3. The van der Waals surface area contributed by atoms with E-state index in [2.05, 4.69) is 20.9 Å². The highest BCUT2D eigenvalue weighted by atomic mass is 32.2. The van der Waals surface area contributed by atoms with Gasteiger partial charge in [0.2, 0.25) is 0 Å². The minimum Gasteiger partial charge on any atom is -0.464 e. The van der Waals surface area contributed by atoms with E-state index in [0.29, 0.717) is 32.0 Å². The topological polar surface area (TPSA) is 118 Å². The molecule has 0 amide bonds. The number of rotatable bonds is 16. The third kappa shape index (κ3) is 10.8. The minimum absolute atomic E-state index is 0.285. The average molecular weight is 470 g/mol. The summed E-state index contributed by atoms with van der Waals surface area (Å²) >= 11 is 3.41. The molecule has 11 heteroatoms. The first-order valence-electron chi connectivity index (χ1n) is 10.1. The number of amidine groups is 1. The van der Waals surface area contributed by atoms with Gasteiger partial charge in [0.05, 0.1) is 31.1 Å². The highest BCUT2D eigenvalue weighted by molar-refractivity contribution is 7.98. The third-order valence-electron chi connectivity index (χ3n) is 4.02. The summed E-state index contributed by atoms with van der Waals surface area (Å²) in [5.41, 5.74) is 0.